The number of nitrogens with one attached hydrogen (secondary N) is 3. The molecule has 0 unspecified atom stereocenters. The molecule has 1 aromatic heterocycles. The number of nitrogens with two attached hydrogens (primary N) is 2. The van der Waals surface area contributed by atoms with Gasteiger partial charge in [0.25, 0.3) is 5.91 Å². The molecule has 0 aliphatic carbocycles. The highest BCUT2D eigenvalue weighted by Crippen LogP contribution is 2.25. The number of guanidine groups is 1. The molecule has 15 heteroatoms. The van der Waals surface area contributed by atoms with E-state index in [-0.39, 0.29) is 40.7 Å². The van der Waals surface area contributed by atoms with Crippen LogP contribution in [-0.2, 0) is 23.7 Å². The first-order valence-electron chi connectivity index (χ1n) is 14.5. The standard InChI is InChI=1S/C27H47ClN8O6/c1-26(2)39-16-18(41-26)14-36(15-19-17-40-27(3,4)42-19)11-13-38-12-9-7-5-6-8-10-32-25(31)35-24(37)20-22(29)34-23(30)21(28)33-20/h18-19H,5-17H2,1-4H3,(H4,29,30,34)(H3,31,32,35,37)/t18-,19-/m0/s1. The average Bonchev–Trinajstić information content (AvgIpc) is 3.43. The predicted molar refractivity (Wildman–Crippen MR) is 159 cm³/mol. The van der Waals surface area contributed by atoms with E-state index in [1.165, 1.54) is 0 Å². The summed E-state index contributed by atoms with van der Waals surface area (Å²) in [6, 6.07) is 0. The van der Waals surface area contributed by atoms with Gasteiger partial charge in [-0.05, 0) is 40.5 Å². The van der Waals surface area contributed by atoms with E-state index in [4.69, 9.17) is 52.2 Å². The lowest BCUT2D eigenvalue weighted by molar-refractivity contribution is -0.145. The zero-order chi connectivity index (χ0) is 30.8. The van der Waals surface area contributed by atoms with Crippen LogP contribution in [0.3, 0.4) is 0 Å². The van der Waals surface area contributed by atoms with E-state index in [2.05, 4.69) is 25.5 Å². The van der Waals surface area contributed by atoms with Crippen LogP contribution in [-0.4, -0.2) is 103 Å². The van der Waals surface area contributed by atoms with Crippen molar-refractivity contribution in [2.24, 2.45) is 0 Å². The Kier molecular flexibility index (Phi) is 13.0. The van der Waals surface area contributed by atoms with Crippen LogP contribution in [0.25, 0.3) is 0 Å². The Morgan fingerprint density at radius 3 is 2.17 bits per heavy atom. The summed E-state index contributed by atoms with van der Waals surface area (Å²) in [6.07, 6.45) is 4.97. The summed E-state index contributed by atoms with van der Waals surface area (Å²) >= 11 is 5.80. The van der Waals surface area contributed by atoms with Crippen LogP contribution in [0.1, 0.15) is 70.3 Å². The molecule has 0 aromatic carbocycles. The maximum Gasteiger partial charge on any atom is 0.280 e. The van der Waals surface area contributed by atoms with E-state index in [1.54, 1.807) is 0 Å². The summed E-state index contributed by atoms with van der Waals surface area (Å²) in [5.74, 6) is -2.14. The molecule has 1 amide bonds. The zero-order valence-electron chi connectivity index (χ0n) is 25.2. The topological polar surface area (TPSA) is 192 Å². The fraction of sp³-hybridized carbons (Fsp3) is 0.778. The van der Waals surface area contributed by atoms with E-state index in [0.717, 1.165) is 51.7 Å². The zero-order valence-corrected chi connectivity index (χ0v) is 25.9. The third-order valence-corrected chi connectivity index (χ3v) is 7.01. The van der Waals surface area contributed by atoms with Crippen molar-refractivity contribution in [3.63, 3.8) is 0 Å². The van der Waals surface area contributed by atoms with Gasteiger partial charge in [0.2, 0.25) is 0 Å². The minimum Gasteiger partial charge on any atom is -0.382 e. The molecule has 1 aromatic rings. The number of carbonyl (C=O) groups excluding carboxylic acids is 1. The Balaban J connectivity index is 1.22. The van der Waals surface area contributed by atoms with Crippen molar-refractivity contribution in [3.05, 3.63) is 10.8 Å². The van der Waals surface area contributed by atoms with Gasteiger partial charge in [-0.15, -0.1) is 0 Å². The normalized spacial score (nSPS) is 21.1. The van der Waals surface area contributed by atoms with Gasteiger partial charge in [0.15, 0.2) is 40.0 Å². The quantitative estimate of drug-likeness (QED) is 0.104. The molecular weight excluding hydrogens is 568 g/mol. The third-order valence-electron chi connectivity index (χ3n) is 6.74. The summed E-state index contributed by atoms with van der Waals surface area (Å²) in [6.45, 7) is 13.1. The highest BCUT2D eigenvalue weighted by molar-refractivity contribution is 6.31. The van der Waals surface area contributed by atoms with Gasteiger partial charge >= 0.3 is 0 Å². The Hall–Kier alpha value is -2.33. The molecule has 42 heavy (non-hydrogen) atoms. The number of halogens is 1. The minimum absolute atomic E-state index is 0.0146. The van der Waals surface area contributed by atoms with Crippen LogP contribution < -0.4 is 22.1 Å². The van der Waals surface area contributed by atoms with Gasteiger partial charge in [0, 0.05) is 32.8 Å². The minimum atomic E-state index is -0.683. The van der Waals surface area contributed by atoms with E-state index in [1.807, 2.05) is 27.7 Å². The molecule has 3 heterocycles. The van der Waals surface area contributed by atoms with Gasteiger partial charge < -0.3 is 40.5 Å². The summed E-state index contributed by atoms with van der Waals surface area (Å²) < 4.78 is 29.4. The Morgan fingerprint density at radius 2 is 1.57 bits per heavy atom. The monoisotopic (exact) mass is 614 g/mol. The van der Waals surface area contributed by atoms with Crippen molar-refractivity contribution in [2.45, 2.75) is 83.6 Å². The Morgan fingerprint density at radius 1 is 0.976 bits per heavy atom. The van der Waals surface area contributed by atoms with E-state index in [9.17, 15) is 4.79 Å². The number of amides is 1. The number of aromatic nitrogens is 2. The first-order valence-corrected chi connectivity index (χ1v) is 14.9. The van der Waals surface area contributed by atoms with Gasteiger partial charge in [0.05, 0.1) is 32.0 Å². The second-order valence-corrected chi connectivity index (χ2v) is 11.8. The molecule has 7 N–H and O–H groups in total. The predicted octanol–water partition coefficient (Wildman–Crippen LogP) is 2.12. The highest BCUT2D eigenvalue weighted by atomic mass is 35.5. The van der Waals surface area contributed by atoms with Crippen LogP contribution >= 0.6 is 11.6 Å². The first-order chi connectivity index (χ1) is 19.8. The van der Waals surface area contributed by atoms with Crippen LogP contribution in [0.15, 0.2) is 0 Å². The maximum atomic E-state index is 12.3. The van der Waals surface area contributed by atoms with Gasteiger partial charge in [-0.3, -0.25) is 20.4 Å². The number of carbonyl (C=O) groups is 1. The molecular formula is C27H47ClN8O6. The van der Waals surface area contributed by atoms with Crippen molar-refractivity contribution >= 4 is 35.1 Å². The van der Waals surface area contributed by atoms with Crippen LogP contribution in [0, 0.1) is 5.41 Å². The fourth-order valence-electron chi connectivity index (χ4n) is 4.73. The van der Waals surface area contributed by atoms with Crippen molar-refractivity contribution < 1.29 is 28.5 Å². The molecule has 2 fully saturated rings. The number of rotatable bonds is 16. The molecule has 14 nitrogen and oxygen atoms in total. The number of nitrogen functional groups attached to an aromatic ring is 2. The lowest BCUT2D eigenvalue weighted by atomic mass is 10.1. The van der Waals surface area contributed by atoms with Crippen LogP contribution in [0.4, 0.5) is 11.6 Å². The number of hydrogen-bond donors (Lipinski definition) is 5. The summed E-state index contributed by atoms with van der Waals surface area (Å²) in [5, 5.41) is 13.0. The molecule has 0 saturated carbocycles. The van der Waals surface area contributed by atoms with E-state index >= 15 is 0 Å². The molecule has 0 bridgehead atoms. The molecule has 238 valence electrons. The summed E-state index contributed by atoms with van der Waals surface area (Å²) in [7, 11) is 0. The van der Waals surface area contributed by atoms with Gasteiger partial charge in [-0.25, -0.2) is 9.97 Å². The molecule has 0 radical (unpaired) electrons. The van der Waals surface area contributed by atoms with Crippen molar-refractivity contribution in [1.29, 1.82) is 5.41 Å². The molecule has 2 aliphatic heterocycles. The highest BCUT2D eigenvalue weighted by Gasteiger charge is 2.36. The second-order valence-electron chi connectivity index (χ2n) is 11.4. The summed E-state index contributed by atoms with van der Waals surface area (Å²) in [5.41, 5.74) is 11.0. The van der Waals surface area contributed by atoms with Crippen LogP contribution in [0.5, 0.6) is 0 Å². The van der Waals surface area contributed by atoms with Crippen molar-refractivity contribution in [3.8, 4) is 0 Å². The smallest absolute Gasteiger partial charge is 0.280 e. The SMILES string of the molecule is CC1(C)OC[C@H](CN(CCOCCCCCCCNC(=N)NC(=O)c2nc(Cl)c(N)nc2N)C[C@H]2COC(C)(C)O2)O1. The molecule has 2 aliphatic rings. The Labute approximate surface area is 253 Å². The van der Waals surface area contributed by atoms with Gasteiger partial charge in [-0.1, -0.05) is 30.9 Å². The molecule has 2 saturated heterocycles. The summed E-state index contributed by atoms with van der Waals surface area (Å²) in [4.78, 5) is 22.1. The fourth-order valence-corrected chi connectivity index (χ4v) is 4.86. The lowest BCUT2D eigenvalue weighted by Gasteiger charge is -2.28. The molecule has 2 atom stereocenters. The largest absolute Gasteiger partial charge is 0.382 e. The lowest BCUT2D eigenvalue weighted by Crippen LogP contribution is -2.42. The number of ether oxygens (including phenoxy) is 5. The number of anilines is 2. The number of nitrogens with zero attached hydrogens (tertiary/aromatic N) is 3. The van der Waals surface area contributed by atoms with Gasteiger partial charge in [0.1, 0.15) is 0 Å². The second kappa shape index (κ2) is 15.9. The maximum absolute atomic E-state index is 12.3. The van der Waals surface area contributed by atoms with Crippen molar-refractivity contribution in [2.75, 3.05) is 64.1 Å². The molecule has 0 spiro atoms. The third kappa shape index (κ3) is 11.7. The number of hydrogen-bond acceptors (Lipinski definition) is 12. The first kappa shape index (κ1) is 34.2. The van der Waals surface area contributed by atoms with E-state index < -0.39 is 17.5 Å². The van der Waals surface area contributed by atoms with Gasteiger partial charge in [-0.2, -0.15) is 0 Å². The Bertz CT molecular complexity index is 1020. The van der Waals surface area contributed by atoms with Crippen LogP contribution in [0.2, 0.25) is 5.15 Å². The average molecular weight is 615 g/mol. The molecule has 3 rings (SSSR count). The van der Waals surface area contributed by atoms with E-state index in [0.29, 0.717) is 33.0 Å². The van der Waals surface area contributed by atoms with Crippen molar-refractivity contribution in [1.82, 2.24) is 25.5 Å². The number of unbranched alkanes of at least 4 members (excludes halogenated alkanes) is 4.